The zero-order valence-corrected chi connectivity index (χ0v) is 11.6. The van der Waals surface area contributed by atoms with E-state index in [-0.39, 0.29) is 0 Å². The topological polar surface area (TPSA) is 27.7 Å². The summed E-state index contributed by atoms with van der Waals surface area (Å²) in [5.41, 5.74) is 0. The first-order valence-corrected chi connectivity index (χ1v) is 10.5. The second kappa shape index (κ2) is 5.26. The van der Waals surface area contributed by atoms with Crippen molar-refractivity contribution in [3.05, 3.63) is 0 Å². The van der Waals surface area contributed by atoms with Gasteiger partial charge in [0.05, 0.1) is 0 Å². The molecule has 13 heavy (non-hydrogen) atoms. The van der Waals surface area contributed by atoms with E-state index in [2.05, 4.69) is 26.2 Å². The largest absolute Gasteiger partial charge is 0.418 e. The smallest absolute Gasteiger partial charge is 0.336 e. The van der Waals surface area contributed by atoms with Crippen LogP contribution in [0.4, 0.5) is 0 Å². The zero-order valence-electron chi connectivity index (χ0n) is 9.64. The SMILES string of the molecule is CO[Si](C)(CCO[Si](C)(C)C)OC. The van der Waals surface area contributed by atoms with Gasteiger partial charge in [-0.3, -0.25) is 0 Å². The summed E-state index contributed by atoms with van der Waals surface area (Å²) < 4.78 is 16.4. The minimum atomic E-state index is -1.90. The summed E-state index contributed by atoms with van der Waals surface area (Å²) in [4.78, 5) is 0. The quantitative estimate of drug-likeness (QED) is 0.645. The maximum Gasteiger partial charge on any atom is 0.336 e. The fourth-order valence-electron chi connectivity index (χ4n) is 0.830. The molecular formula is C8H22O3Si2. The highest BCUT2D eigenvalue weighted by atomic mass is 28.4. The molecule has 0 fully saturated rings. The van der Waals surface area contributed by atoms with Crippen molar-refractivity contribution in [1.29, 1.82) is 0 Å². The van der Waals surface area contributed by atoms with E-state index in [4.69, 9.17) is 13.3 Å². The Kier molecular flexibility index (Phi) is 5.38. The van der Waals surface area contributed by atoms with Crippen LogP contribution in [-0.4, -0.2) is 37.7 Å². The molecule has 0 heterocycles. The van der Waals surface area contributed by atoms with Crippen LogP contribution in [0.2, 0.25) is 32.2 Å². The highest BCUT2D eigenvalue weighted by molar-refractivity contribution is 6.70. The van der Waals surface area contributed by atoms with E-state index in [0.717, 1.165) is 12.7 Å². The molecule has 80 valence electrons. The van der Waals surface area contributed by atoms with Crippen LogP contribution in [0, 0.1) is 0 Å². The molecule has 0 aromatic rings. The van der Waals surface area contributed by atoms with Gasteiger partial charge in [0.2, 0.25) is 0 Å². The molecule has 0 unspecified atom stereocenters. The Bertz CT molecular complexity index is 141. The number of hydrogen-bond donors (Lipinski definition) is 0. The predicted molar refractivity (Wildman–Crippen MR) is 59.7 cm³/mol. The lowest BCUT2D eigenvalue weighted by Crippen LogP contribution is -2.38. The van der Waals surface area contributed by atoms with Crippen molar-refractivity contribution in [1.82, 2.24) is 0 Å². The van der Waals surface area contributed by atoms with Crippen LogP contribution in [0.3, 0.4) is 0 Å². The van der Waals surface area contributed by atoms with Gasteiger partial charge in [0.15, 0.2) is 8.32 Å². The Balaban J connectivity index is 3.74. The van der Waals surface area contributed by atoms with Crippen molar-refractivity contribution in [2.24, 2.45) is 0 Å². The normalized spacial score (nSPS) is 13.4. The van der Waals surface area contributed by atoms with Gasteiger partial charge >= 0.3 is 8.56 Å². The lowest BCUT2D eigenvalue weighted by Gasteiger charge is -2.25. The monoisotopic (exact) mass is 222 g/mol. The molecule has 0 aromatic heterocycles. The van der Waals surface area contributed by atoms with Gasteiger partial charge in [0.1, 0.15) is 0 Å². The van der Waals surface area contributed by atoms with Crippen molar-refractivity contribution < 1.29 is 13.3 Å². The molecule has 0 saturated heterocycles. The lowest BCUT2D eigenvalue weighted by molar-refractivity contribution is 0.233. The molecule has 5 heteroatoms. The van der Waals surface area contributed by atoms with E-state index in [9.17, 15) is 0 Å². The van der Waals surface area contributed by atoms with Crippen LogP contribution in [0.15, 0.2) is 0 Å². The molecule has 0 aliphatic rings. The summed E-state index contributed by atoms with van der Waals surface area (Å²) in [7, 11) is 0.154. The maximum atomic E-state index is 5.74. The minimum absolute atomic E-state index is 0.764. The van der Waals surface area contributed by atoms with E-state index in [1.54, 1.807) is 14.2 Å². The van der Waals surface area contributed by atoms with Gasteiger partial charge in [-0.15, -0.1) is 0 Å². The Morgan fingerprint density at radius 2 is 1.38 bits per heavy atom. The van der Waals surface area contributed by atoms with E-state index in [1.165, 1.54) is 0 Å². The van der Waals surface area contributed by atoms with Crippen LogP contribution >= 0.6 is 0 Å². The number of hydrogen-bond acceptors (Lipinski definition) is 3. The maximum absolute atomic E-state index is 5.74. The standard InChI is InChI=1S/C8H22O3Si2/c1-9-13(6,10-2)8-7-11-12(3,4)5/h7-8H2,1-6H3. The van der Waals surface area contributed by atoms with E-state index < -0.39 is 16.9 Å². The minimum Gasteiger partial charge on any atom is -0.418 e. The molecule has 0 aliphatic heterocycles. The summed E-state index contributed by atoms with van der Waals surface area (Å²) >= 11 is 0. The third kappa shape index (κ3) is 6.39. The van der Waals surface area contributed by atoms with E-state index >= 15 is 0 Å². The lowest BCUT2D eigenvalue weighted by atomic mass is 10.9. The summed E-state index contributed by atoms with van der Waals surface area (Å²) in [5.74, 6) is 0. The fourth-order valence-corrected chi connectivity index (χ4v) is 2.80. The third-order valence-corrected chi connectivity index (χ3v) is 5.86. The molecule has 3 nitrogen and oxygen atoms in total. The van der Waals surface area contributed by atoms with Crippen molar-refractivity contribution in [2.75, 3.05) is 20.8 Å². The molecule has 0 atom stereocenters. The number of rotatable bonds is 6. The van der Waals surface area contributed by atoms with Gasteiger partial charge in [-0.05, 0) is 26.2 Å². The molecule has 0 radical (unpaired) electrons. The van der Waals surface area contributed by atoms with Gasteiger partial charge < -0.3 is 13.3 Å². The zero-order chi connectivity index (χ0) is 10.5. The second-order valence-electron chi connectivity index (χ2n) is 4.25. The van der Waals surface area contributed by atoms with Crippen molar-refractivity contribution in [3.8, 4) is 0 Å². The molecule has 0 aliphatic carbocycles. The van der Waals surface area contributed by atoms with Crippen LogP contribution in [0.5, 0.6) is 0 Å². The molecule has 0 spiro atoms. The Hall–Kier alpha value is 0.314. The van der Waals surface area contributed by atoms with Crippen LogP contribution in [-0.2, 0) is 13.3 Å². The molecular weight excluding hydrogens is 200 g/mol. The highest BCUT2D eigenvalue weighted by Crippen LogP contribution is 2.13. The van der Waals surface area contributed by atoms with E-state index in [1.807, 2.05) is 0 Å². The summed E-state index contributed by atoms with van der Waals surface area (Å²) in [6.07, 6.45) is 0. The fraction of sp³-hybridized carbons (Fsp3) is 1.00. The highest BCUT2D eigenvalue weighted by Gasteiger charge is 2.29. The van der Waals surface area contributed by atoms with Crippen molar-refractivity contribution in [3.63, 3.8) is 0 Å². The van der Waals surface area contributed by atoms with Crippen LogP contribution in [0.1, 0.15) is 0 Å². The Morgan fingerprint density at radius 1 is 0.923 bits per heavy atom. The van der Waals surface area contributed by atoms with Gasteiger partial charge in [-0.1, -0.05) is 0 Å². The Labute approximate surface area is 83.8 Å². The molecule has 0 saturated carbocycles. The molecule has 0 N–H and O–H groups in total. The first-order chi connectivity index (χ1) is 5.83. The second-order valence-corrected chi connectivity index (χ2v) is 12.4. The average molecular weight is 222 g/mol. The van der Waals surface area contributed by atoms with Crippen molar-refractivity contribution >= 4 is 16.9 Å². The van der Waals surface area contributed by atoms with Gasteiger partial charge in [-0.25, -0.2) is 0 Å². The average Bonchev–Trinajstić information content (AvgIpc) is 2.02. The van der Waals surface area contributed by atoms with Crippen LogP contribution < -0.4 is 0 Å². The summed E-state index contributed by atoms with van der Waals surface area (Å²) in [5, 5.41) is 0. The van der Waals surface area contributed by atoms with Gasteiger partial charge in [0, 0.05) is 26.9 Å². The van der Waals surface area contributed by atoms with E-state index in [0.29, 0.717) is 0 Å². The van der Waals surface area contributed by atoms with Crippen molar-refractivity contribution in [2.45, 2.75) is 32.2 Å². The molecule has 0 amide bonds. The molecule has 0 rings (SSSR count). The Morgan fingerprint density at radius 3 is 1.69 bits per heavy atom. The van der Waals surface area contributed by atoms with Gasteiger partial charge in [-0.2, -0.15) is 0 Å². The summed E-state index contributed by atoms with van der Waals surface area (Å²) in [6.45, 7) is 9.38. The third-order valence-electron chi connectivity index (χ3n) is 1.95. The van der Waals surface area contributed by atoms with Crippen LogP contribution in [0.25, 0.3) is 0 Å². The van der Waals surface area contributed by atoms with Gasteiger partial charge in [0.25, 0.3) is 0 Å². The first-order valence-electron chi connectivity index (χ1n) is 4.57. The summed E-state index contributed by atoms with van der Waals surface area (Å²) in [6, 6.07) is 0.907. The first kappa shape index (κ1) is 13.3. The predicted octanol–water partition coefficient (Wildman–Crippen LogP) is 2.20. The molecule has 0 bridgehead atoms. The molecule has 0 aromatic carbocycles.